The quantitative estimate of drug-likeness (QED) is 0.503. The first-order valence-corrected chi connectivity index (χ1v) is 9.02. The van der Waals surface area contributed by atoms with Crippen LogP contribution in [0, 0.1) is 13.8 Å². The zero-order valence-electron chi connectivity index (χ0n) is 16.1. The van der Waals surface area contributed by atoms with Gasteiger partial charge in [-0.25, -0.2) is 4.99 Å². The number of hydrogen-bond donors (Lipinski definition) is 0. The van der Waals surface area contributed by atoms with Crippen molar-refractivity contribution in [2.24, 2.45) is 9.98 Å². The fourth-order valence-corrected chi connectivity index (χ4v) is 2.64. The van der Waals surface area contributed by atoms with E-state index in [2.05, 4.69) is 42.9 Å². The monoisotopic (exact) mass is 371 g/mol. The highest BCUT2D eigenvalue weighted by molar-refractivity contribution is 6.30. The van der Waals surface area contributed by atoms with Crippen LogP contribution >= 0.6 is 11.6 Å². The van der Waals surface area contributed by atoms with Gasteiger partial charge in [0, 0.05) is 31.2 Å². The Morgan fingerprint density at radius 2 is 1.96 bits per heavy atom. The highest BCUT2D eigenvalue weighted by atomic mass is 35.5. The molecule has 0 unspecified atom stereocenters. The maximum absolute atomic E-state index is 6.01. The molecule has 4 nitrogen and oxygen atoms in total. The van der Waals surface area contributed by atoms with E-state index in [0.717, 1.165) is 40.4 Å². The van der Waals surface area contributed by atoms with E-state index in [1.165, 1.54) is 0 Å². The van der Waals surface area contributed by atoms with Gasteiger partial charge in [0.1, 0.15) is 12.4 Å². The smallest absolute Gasteiger partial charge is 0.130 e. The van der Waals surface area contributed by atoms with Gasteiger partial charge in [0.25, 0.3) is 0 Å². The minimum absolute atomic E-state index is 0.387. The largest absolute Gasteiger partial charge is 0.487 e. The lowest BCUT2D eigenvalue weighted by atomic mass is 10.00. The molecule has 0 fully saturated rings. The summed E-state index contributed by atoms with van der Waals surface area (Å²) in [5.41, 5.74) is 5.17. The van der Waals surface area contributed by atoms with Crippen molar-refractivity contribution in [2.45, 2.75) is 20.8 Å². The molecule has 138 valence electrons. The van der Waals surface area contributed by atoms with Gasteiger partial charge in [-0.2, -0.15) is 0 Å². The summed E-state index contributed by atoms with van der Waals surface area (Å²) >= 11 is 6.01. The first-order chi connectivity index (χ1) is 12.4. The van der Waals surface area contributed by atoms with Gasteiger partial charge in [-0.3, -0.25) is 4.99 Å². The van der Waals surface area contributed by atoms with E-state index < -0.39 is 0 Å². The van der Waals surface area contributed by atoms with Crippen LogP contribution in [-0.4, -0.2) is 44.2 Å². The standard InChI is InChI=1S/C21H26ClN3O/c1-6-25(5)14-24-20-11-15(2)19(10-16(20)3)21(23-4)13-26-18-9-7-8-17(22)12-18/h7-12,14H,6,13H2,1-5H3. The van der Waals surface area contributed by atoms with Crippen molar-refractivity contribution in [3.63, 3.8) is 0 Å². The van der Waals surface area contributed by atoms with E-state index in [4.69, 9.17) is 16.3 Å². The summed E-state index contributed by atoms with van der Waals surface area (Å²) in [6.45, 7) is 7.54. The van der Waals surface area contributed by atoms with Crippen LogP contribution < -0.4 is 4.74 Å². The topological polar surface area (TPSA) is 37.2 Å². The predicted molar refractivity (Wildman–Crippen MR) is 112 cm³/mol. The molecule has 0 saturated heterocycles. The van der Waals surface area contributed by atoms with Crippen molar-refractivity contribution in [2.75, 3.05) is 27.2 Å². The minimum atomic E-state index is 0.387. The van der Waals surface area contributed by atoms with Crippen LogP contribution in [0.5, 0.6) is 5.75 Å². The summed E-state index contributed by atoms with van der Waals surface area (Å²) in [6, 6.07) is 11.6. The molecule has 0 spiro atoms. The lowest BCUT2D eigenvalue weighted by molar-refractivity contribution is 0.377. The van der Waals surface area contributed by atoms with Crippen molar-refractivity contribution >= 4 is 29.3 Å². The first-order valence-electron chi connectivity index (χ1n) is 8.64. The van der Waals surface area contributed by atoms with Crippen molar-refractivity contribution in [1.82, 2.24) is 4.90 Å². The lowest BCUT2D eigenvalue weighted by Gasteiger charge is -2.14. The Hall–Kier alpha value is -2.33. The molecule has 0 radical (unpaired) electrons. The molecule has 0 atom stereocenters. The molecule has 0 aliphatic heterocycles. The highest BCUT2D eigenvalue weighted by Gasteiger charge is 2.11. The summed E-state index contributed by atoms with van der Waals surface area (Å²) < 4.78 is 5.86. The Morgan fingerprint density at radius 3 is 2.62 bits per heavy atom. The average Bonchev–Trinajstić information content (AvgIpc) is 2.63. The molecule has 2 aromatic carbocycles. The van der Waals surface area contributed by atoms with Crippen LogP contribution in [0.1, 0.15) is 23.6 Å². The second-order valence-electron chi connectivity index (χ2n) is 6.19. The van der Waals surface area contributed by atoms with Gasteiger partial charge in [0.2, 0.25) is 0 Å². The van der Waals surface area contributed by atoms with Crippen LogP contribution in [0.3, 0.4) is 0 Å². The Bertz CT molecular complexity index is 815. The molecule has 26 heavy (non-hydrogen) atoms. The Kier molecular flexibility index (Phi) is 7.22. The average molecular weight is 372 g/mol. The number of benzene rings is 2. The molecule has 2 rings (SSSR count). The number of nitrogens with zero attached hydrogens (tertiary/aromatic N) is 3. The van der Waals surface area contributed by atoms with Gasteiger partial charge in [-0.15, -0.1) is 0 Å². The highest BCUT2D eigenvalue weighted by Crippen LogP contribution is 2.24. The Morgan fingerprint density at radius 1 is 1.19 bits per heavy atom. The van der Waals surface area contributed by atoms with Crippen LogP contribution in [0.25, 0.3) is 0 Å². The molecule has 0 N–H and O–H groups in total. The number of aliphatic imine (C=N–C) groups is 2. The fourth-order valence-electron chi connectivity index (χ4n) is 2.46. The molecular weight excluding hydrogens is 346 g/mol. The number of hydrogen-bond acceptors (Lipinski definition) is 3. The van der Waals surface area contributed by atoms with Crippen molar-refractivity contribution in [3.05, 3.63) is 58.1 Å². The molecule has 0 aliphatic rings. The molecule has 5 heteroatoms. The molecular formula is C21H26ClN3O. The number of ether oxygens (including phenoxy) is 1. The molecule has 0 aliphatic carbocycles. The Balaban J connectivity index is 2.20. The van der Waals surface area contributed by atoms with E-state index in [1.807, 2.05) is 36.5 Å². The maximum atomic E-state index is 6.01. The first kappa shape index (κ1) is 20.0. The SMILES string of the molecule is CCN(C)C=Nc1cc(C)c(C(COc2cccc(Cl)c2)=NC)cc1C. The van der Waals surface area contributed by atoms with Gasteiger partial charge in [-0.05, 0) is 62.2 Å². The second kappa shape index (κ2) is 9.39. The lowest BCUT2D eigenvalue weighted by Crippen LogP contribution is -2.15. The van der Waals surface area contributed by atoms with Crippen LogP contribution in [0.2, 0.25) is 5.02 Å². The fraction of sp³-hybridized carbons (Fsp3) is 0.333. The molecule has 2 aromatic rings. The van der Waals surface area contributed by atoms with Crippen molar-refractivity contribution in [3.8, 4) is 5.75 Å². The van der Waals surface area contributed by atoms with Gasteiger partial charge >= 0.3 is 0 Å². The van der Waals surface area contributed by atoms with Crippen molar-refractivity contribution in [1.29, 1.82) is 0 Å². The molecule has 0 heterocycles. The van der Waals surface area contributed by atoms with Gasteiger partial charge in [-0.1, -0.05) is 17.7 Å². The van der Waals surface area contributed by atoms with E-state index in [-0.39, 0.29) is 0 Å². The number of aryl methyl sites for hydroxylation is 2. The third-order valence-electron chi connectivity index (χ3n) is 4.19. The molecule has 0 saturated carbocycles. The Labute approximate surface area is 161 Å². The normalized spacial score (nSPS) is 11.8. The second-order valence-corrected chi connectivity index (χ2v) is 6.62. The van der Waals surface area contributed by atoms with E-state index in [0.29, 0.717) is 11.6 Å². The number of rotatable bonds is 7. The van der Waals surface area contributed by atoms with Crippen LogP contribution in [0.15, 0.2) is 46.4 Å². The van der Waals surface area contributed by atoms with E-state index in [1.54, 1.807) is 13.1 Å². The van der Waals surface area contributed by atoms with E-state index in [9.17, 15) is 0 Å². The van der Waals surface area contributed by atoms with Gasteiger partial charge < -0.3 is 9.64 Å². The van der Waals surface area contributed by atoms with Crippen molar-refractivity contribution < 1.29 is 4.74 Å². The molecule has 0 amide bonds. The van der Waals surface area contributed by atoms with Gasteiger partial charge in [0.05, 0.1) is 17.7 Å². The molecule has 0 aromatic heterocycles. The maximum Gasteiger partial charge on any atom is 0.130 e. The summed E-state index contributed by atoms with van der Waals surface area (Å²) in [7, 11) is 3.79. The summed E-state index contributed by atoms with van der Waals surface area (Å²) in [5.74, 6) is 0.733. The van der Waals surface area contributed by atoms with Gasteiger partial charge in [0.15, 0.2) is 0 Å². The number of halogens is 1. The summed E-state index contributed by atoms with van der Waals surface area (Å²) in [4.78, 5) is 11.1. The summed E-state index contributed by atoms with van der Waals surface area (Å²) in [5, 5.41) is 0.656. The third kappa shape index (κ3) is 5.33. The molecule has 0 bridgehead atoms. The third-order valence-corrected chi connectivity index (χ3v) is 4.42. The zero-order valence-corrected chi connectivity index (χ0v) is 16.8. The summed E-state index contributed by atoms with van der Waals surface area (Å²) in [6.07, 6.45) is 1.86. The van der Waals surface area contributed by atoms with E-state index >= 15 is 0 Å². The predicted octanol–water partition coefficient (Wildman–Crippen LogP) is 5.07. The van der Waals surface area contributed by atoms with Crippen LogP contribution in [0.4, 0.5) is 5.69 Å². The van der Waals surface area contributed by atoms with Crippen LogP contribution in [-0.2, 0) is 0 Å². The zero-order chi connectivity index (χ0) is 19.1. The minimum Gasteiger partial charge on any atom is -0.487 e.